The molecule has 20 heavy (non-hydrogen) atoms. The lowest BCUT2D eigenvalue weighted by atomic mass is 10.2. The highest BCUT2D eigenvalue weighted by molar-refractivity contribution is 9.10. The maximum Gasteiger partial charge on any atom is 0.118 e. The van der Waals surface area contributed by atoms with E-state index in [1.54, 1.807) is 19.5 Å². The molecule has 0 saturated heterocycles. The number of hydrogen-bond acceptors (Lipinski definition) is 4. The highest BCUT2D eigenvalue weighted by Gasteiger charge is 1.96. The second kappa shape index (κ2) is 7.87. The summed E-state index contributed by atoms with van der Waals surface area (Å²) in [6, 6.07) is 9.86. The maximum absolute atomic E-state index is 5.61. The quantitative estimate of drug-likeness (QED) is 0.786. The number of rotatable bonds is 7. The normalized spacial score (nSPS) is 10.3. The SMILES string of the molecule is COc1ccc(COCCNc2cncc(Br)c2)cc1. The van der Waals surface area contributed by atoms with Crippen molar-refractivity contribution >= 4 is 21.6 Å². The van der Waals surface area contributed by atoms with Gasteiger partial charge in [-0.25, -0.2) is 0 Å². The molecule has 1 aromatic heterocycles. The van der Waals surface area contributed by atoms with E-state index in [2.05, 4.69) is 26.2 Å². The molecule has 0 fully saturated rings. The number of nitrogens with one attached hydrogen (secondary N) is 1. The summed E-state index contributed by atoms with van der Waals surface area (Å²) in [5, 5.41) is 3.25. The minimum absolute atomic E-state index is 0.600. The van der Waals surface area contributed by atoms with Crippen LogP contribution in [0.5, 0.6) is 5.75 Å². The van der Waals surface area contributed by atoms with Crippen LogP contribution in [0.25, 0.3) is 0 Å². The van der Waals surface area contributed by atoms with Gasteiger partial charge < -0.3 is 14.8 Å². The predicted molar refractivity (Wildman–Crippen MR) is 83.1 cm³/mol. The van der Waals surface area contributed by atoms with Crippen molar-refractivity contribution in [2.24, 2.45) is 0 Å². The van der Waals surface area contributed by atoms with Gasteiger partial charge in [0.2, 0.25) is 0 Å². The van der Waals surface area contributed by atoms with E-state index in [4.69, 9.17) is 9.47 Å². The lowest BCUT2D eigenvalue weighted by molar-refractivity contribution is 0.130. The minimum Gasteiger partial charge on any atom is -0.497 e. The molecular formula is C15H17BrN2O2. The summed E-state index contributed by atoms with van der Waals surface area (Å²) in [5.41, 5.74) is 2.11. The van der Waals surface area contributed by atoms with Crippen molar-refractivity contribution in [1.82, 2.24) is 4.98 Å². The van der Waals surface area contributed by atoms with Crippen molar-refractivity contribution in [3.8, 4) is 5.75 Å². The fourth-order valence-corrected chi connectivity index (χ4v) is 2.05. The summed E-state index contributed by atoms with van der Waals surface area (Å²) in [4.78, 5) is 4.08. The van der Waals surface area contributed by atoms with Crippen LogP contribution in [0, 0.1) is 0 Å². The van der Waals surface area contributed by atoms with Crippen LogP contribution >= 0.6 is 15.9 Å². The molecule has 0 saturated carbocycles. The number of pyridine rings is 1. The molecule has 0 spiro atoms. The van der Waals surface area contributed by atoms with Gasteiger partial charge in [-0.2, -0.15) is 0 Å². The first-order valence-corrected chi connectivity index (χ1v) is 7.12. The van der Waals surface area contributed by atoms with E-state index < -0.39 is 0 Å². The van der Waals surface area contributed by atoms with Crippen LogP contribution in [0.1, 0.15) is 5.56 Å². The smallest absolute Gasteiger partial charge is 0.118 e. The van der Waals surface area contributed by atoms with Gasteiger partial charge >= 0.3 is 0 Å². The molecule has 0 unspecified atom stereocenters. The highest BCUT2D eigenvalue weighted by atomic mass is 79.9. The summed E-state index contributed by atoms with van der Waals surface area (Å²) >= 11 is 3.38. The lowest BCUT2D eigenvalue weighted by Crippen LogP contribution is -2.09. The Kier molecular flexibility index (Phi) is 5.83. The molecule has 4 nitrogen and oxygen atoms in total. The van der Waals surface area contributed by atoms with Crippen LogP contribution in [0.2, 0.25) is 0 Å². The van der Waals surface area contributed by atoms with E-state index in [0.29, 0.717) is 13.2 Å². The predicted octanol–water partition coefficient (Wildman–Crippen LogP) is 3.48. The molecular weight excluding hydrogens is 320 g/mol. The van der Waals surface area contributed by atoms with Crippen molar-refractivity contribution in [3.63, 3.8) is 0 Å². The maximum atomic E-state index is 5.61. The minimum atomic E-state index is 0.600. The third kappa shape index (κ3) is 4.83. The molecule has 1 heterocycles. The summed E-state index contributed by atoms with van der Waals surface area (Å²) in [5.74, 6) is 0.859. The fourth-order valence-electron chi connectivity index (χ4n) is 1.69. The summed E-state index contributed by atoms with van der Waals surface area (Å²) in [6.07, 6.45) is 3.54. The van der Waals surface area contributed by atoms with Crippen LogP contribution in [0.4, 0.5) is 5.69 Å². The standard InChI is InChI=1S/C15H17BrN2O2/c1-19-15-4-2-12(3-5-15)11-20-7-6-18-14-8-13(16)9-17-10-14/h2-5,8-10,18H,6-7,11H2,1H3. The van der Waals surface area contributed by atoms with Crippen molar-refractivity contribution < 1.29 is 9.47 Å². The van der Waals surface area contributed by atoms with Crippen molar-refractivity contribution in [3.05, 3.63) is 52.8 Å². The first kappa shape index (κ1) is 14.8. The molecule has 0 bridgehead atoms. The monoisotopic (exact) mass is 336 g/mol. The molecule has 1 N–H and O–H groups in total. The zero-order valence-corrected chi connectivity index (χ0v) is 12.9. The molecule has 1 aromatic carbocycles. The third-order valence-electron chi connectivity index (χ3n) is 2.71. The number of benzene rings is 1. The van der Waals surface area contributed by atoms with Crippen LogP contribution in [0.15, 0.2) is 47.2 Å². The summed E-state index contributed by atoms with van der Waals surface area (Å²) < 4.78 is 11.7. The number of hydrogen-bond donors (Lipinski definition) is 1. The van der Waals surface area contributed by atoms with E-state index >= 15 is 0 Å². The van der Waals surface area contributed by atoms with Gasteiger partial charge in [0.05, 0.1) is 32.2 Å². The zero-order valence-electron chi connectivity index (χ0n) is 11.3. The van der Waals surface area contributed by atoms with E-state index in [0.717, 1.165) is 28.0 Å². The number of anilines is 1. The Labute approximate surface area is 127 Å². The van der Waals surface area contributed by atoms with Gasteiger partial charge in [0.15, 0.2) is 0 Å². The van der Waals surface area contributed by atoms with Gasteiger partial charge in [-0.3, -0.25) is 4.98 Å². The Balaban J connectivity index is 1.66. The number of methoxy groups -OCH3 is 1. The van der Waals surface area contributed by atoms with Crippen LogP contribution in [-0.4, -0.2) is 25.2 Å². The second-order valence-electron chi connectivity index (χ2n) is 4.22. The number of halogens is 1. The molecule has 0 radical (unpaired) electrons. The van der Waals surface area contributed by atoms with Gasteiger partial charge in [0.25, 0.3) is 0 Å². The Bertz CT molecular complexity index is 532. The van der Waals surface area contributed by atoms with Gasteiger partial charge in [-0.05, 0) is 39.7 Å². The van der Waals surface area contributed by atoms with E-state index in [1.165, 1.54) is 0 Å². The number of nitrogens with zero attached hydrogens (tertiary/aromatic N) is 1. The molecule has 0 aliphatic carbocycles. The fraction of sp³-hybridized carbons (Fsp3) is 0.267. The van der Waals surface area contributed by atoms with Gasteiger partial charge in [-0.15, -0.1) is 0 Å². The molecule has 5 heteroatoms. The summed E-state index contributed by atoms with van der Waals surface area (Å²) in [6.45, 7) is 1.98. The molecule has 0 aliphatic rings. The van der Waals surface area contributed by atoms with E-state index in [9.17, 15) is 0 Å². The second-order valence-corrected chi connectivity index (χ2v) is 5.13. The first-order chi connectivity index (χ1) is 9.78. The van der Waals surface area contributed by atoms with Crippen LogP contribution < -0.4 is 10.1 Å². The molecule has 0 atom stereocenters. The zero-order chi connectivity index (χ0) is 14.2. The van der Waals surface area contributed by atoms with Crippen molar-refractivity contribution in [1.29, 1.82) is 0 Å². The lowest BCUT2D eigenvalue weighted by Gasteiger charge is -2.08. The molecule has 0 amide bonds. The van der Waals surface area contributed by atoms with E-state index in [1.807, 2.05) is 30.3 Å². The summed E-state index contributed by atoms with van der Waals surface area (Å²) in [7, 11) is 1.66. The van der Waals surface area contributed by atoms with Crippen LogP contribution in [0.3, 0.4) is 0 Å². The molecule has 2 aromatic rings. The largest absolute Gasteiger partial charge is 0.497 e. The van der Waals surface area contributed by atoms with Crippen molar-refractivity contribution in [2.45, 2.75) is 6.61 Å². The van der Waals surface area contributed by atoms with Crippen molar-refractivity contribution in [2.75, 3.05) is 25.6 Å². The Morgan fingerprint density at radius 3 is 2.70 bits per heavy atom. The number of aromatic nitrogens is 1. The molecule has 0 aliphatic heterocycles. The van der Waals surface area contributed by atoms with Gasteiger partial charge in [0.1, 0.15) is 5.75 Å². The highest BCUT2D eigenvalue weighted by Crippen LogP contribution is 2.13. The topological polar surface area (TPSA) is 43.4 Å². The van der Waals surface area contributed by atoms with Gasteiger partial charge in [0, 0.05) is 17.2 Å². The average Bonchev–Trinajstić information content (AvgIpc) is 2.48. The Hall–Kier alpha value is -1.59. The van der Waals surface area contributed by atoms with Crippen LogP contribution in [-0.2, 0) is 11.3 Å². The van der Waals surface area contributed by atoms with E-state index in [-0.39, 0.29) is 0 Å². The Morgan fingerprint density at radius 1 is 1.20 bits per heavy atom. The third-order valence-corrected chi connectivity index (χ3v) is 3.14. The average molecular weight is 337 g/mol. The molecule has 2 rings (SSSR count). The first-order valence-electron chi connectivity index (χ1n) is 6.33. The van der Waals surface area contributed by atoms with Gasteiger partial charge in [-0.1, -0.05) is 12.1 Å². The number of ether oxygens (including phenoxy) is 2. The Morgan fingerprint density at radius 2 is 2.00 bits per heavy atom. The molecule has 106 valence electrons.